The summed E-state index contributed by atoms with van der Waals surface area (Å²) in [6.07, 6.45) is 2.24. The lowest BCUT2D eigenvalue weighted by Crippen LogP contribution is -2.34. The fourth-order valence-corrected chi connectivity index (χ4v) is 3.34. The minimum absolute atomic E-state index is 0.461. The van der Waals surface area contributed by atoms with Gasteiger partial charge in [0.15, 0.2) is 0 Å². The Morgan fingerprint density at radius 1 is 1.19 bits per heavy atom. The summed E-state index contributed by atoms with van der Waals surface area (Å²) < 4.78 is 1.14. The number of hydrogen-bond acceptors (Lipinski definition) is 2. The quantitative estimate of drug-likeness (QED) is 0.854. The van der Waals surface area contributed by atoms with Gasteiger partial charge in [-0.05, 0) is 55.0 Å². The number of hydrogen-bond donors (Lipinski definition) is 1. The van der Waals surface area contributed by atoms with E-state index in [1.54, 1.807) is 0 Å². The van der Waals surface area contributed by atoms with E-state index < -0.39 is 0 Å². The Labute approximate surface area is 133 Å². The predicted molar refractivity (Wildman–Crippen MR) is 89.4 cm³/mol. The van der Waals surface area contributed by atoms with Gasteiger partial charge in [0.2, 0.25) is 0 Å². The molecule has 1 fully saturated rings. The molecule has 0 bridgehead atoms. The molecule has 0 unspecified atom stereocenters. The second-order valence-corrected chi connectivity index (χ2v) is 6.59. The lowest BCUT2D eigenvalue weighted by molar-refractivity contribution is 0.374. The molecule has 0 atom stereocenters. The summed E-state index contributed by atoms with van der Waals surface area (Å²) in [7, 11) is 0. The number of aryl methyl sites for hydroxylation is 1. The second-order valence-electron chi connectivity index (χ2n) is 5.67. The predicted octanol–water partition coefficient (Wildman–Crippen LogP) is 4.99. The number of anilines is 1. The fourth-order valence-electron chi connectivity index (χ4n) is 2.92. The van der Waals surface area contributed by atoms with Gasteiger partial charge >= 0.3 is 0 Å². The highest BCUT2D eigenvalue weighted by molar-refractivity contribution is 9.10. The van der Waals surface area contributed by atoms with Crippen molar-refractivity contribution in [3.05, 3.63) is 63.6 Å². The Kier molecular flexibility index (Phi) is 3.98. The summed E-state index contributed by atoms with van der Waals surface area (Å²) in [4.78, 5) is 0. The van der Waals surface area contributed by atoms with Crippen molar-refractivity contribution in [2.75, 3.05) is 5.32 Å². The maximum atomic E-state index is 9.27. The molecule has 0 spiro atoms. The Hall–Kier alpha value is -1.79. The molecule has 2 nitrogen and oxygen atoms in total. The van der Waals surface area contributed by atoms with Gasteiger partial charge in [0.1, 0.15) is 6.07 Å². The summed E-state index contributed by atoms with van der Waals surface area (Å²) >= 11 is 3.53. The summed E-state index contributed by atoms with van der Waals surface area (Å²) in [6.45, 7) is 1.98. The topological polar surface area (TPSA) is 35.8 Å². The molecule has 2 aromatic carbocycles. The van der Waals surface area contributed by atoms with E-state index in [0.717, 1.165) is 34.1 Å². The Morgan fingerprint density at radius 3 is 2.67 bits per heavy atom. The third-order valence-electron chi connectivity index (χ3n) is 4.20. The number of halogens is 1. The van der Waals surface area contributed by atoms with Crippen molar-refractivity contribution in [2.24, 2.45) is 0 Å². The summed E-state index contributed by atoms with van der Waals surface area (Å²) in [5.74, 6) is 0.621. The van der Waals surface area contributed by atoms with E-state index in [0.29, 0.717) is 12.0 Å². The maximum absolute atomic E-state index is 9.27. The van der Waals surface area contributed by atoms with Gasteiger partial charge in [-0.3, -0.25) is 0 Å². The lowest BCUT2D eigenvalue weighted by Gasteiger charge is -2.37. The maximum Gasteiger partial charge on any atom is 0.102 e. The molecule has 0 aliphatic heterocycles. The van der Waals surface area contributed by atoms with Gasteiger partial charge in [0.05, 0.1) is 11.3 Å². The van der Waals surface area contributed by atoms with Gasteiger partial charge < -0.3 is 5.32 Å². The first-order chi connectivity index (χ1) is 10.2. The van der Waals surface area contributed by atoms with E-state index in [1.807, 2.05) is 25.1 Å². The van der Waals surface area contributed by atoms with Gasteiger partial charge in [-0.2, -0.15) is 5.26 Å². The molecule has 0 aromatic heterocycles. The van der Waals surface area contributed by atoms with Gasteiger partial charge in [-0.15, -0.1) is 0 Å². The van der Waals surface area contributed by atoms with Crippen LogP contribution in [-0.2, 0) is 0 Å². The van der Waals surface area contributed by atoms with Crippen LogP contribution in [0.1, 0.15) is 35.4 Å². The van der Waals surface area contributed by atoms with Crippen LogP contribution in [0.4, 0.5) is 5.69 Å². The van der Waals surface area contributed by atoms with Crippen LogP contribution in [0.5, 0.6) is 0 Å². The van der Waals surface area contributed by atoms with E-state index in [4.69, 9.17) is 0 Å². The molecule has 21 heavy (non-hydrogen) atoms. The second kappa shape index (κ2) is 5.91. The first-order valence-corrected chi connectivity index (χ1v) is 7.98. The van der Waals surface area contributed by atoms with Gasteiger partial charge in [0, 0.05) is 10.5 Å². The normalized spacial score (nSPS) is 20.4. The standard InChI is InChI=1S/C18H17BrN2/c1-12-4-2-7-18(17(12)11-20)21-16-9-14(10-16)13-5-3-6-15(19)8-13/h2-8,14,16,21H,9-10H2,1H3. The van der Waals surface area contributed by atoms with Crippen molar-refractivity contribution in [2.45, 2.75) is 31.7 Å². The van der Waals surface area contributed by atoms with E-state index in [2.05, 4.69) is 51.6 Å². The summed E-state index contributed by atoms with van der Waals surface area (Å²) in [5, 5.41) is 12.8. The zero-order valence-electron chi connectivity index (χ0n) is 11.9. The van der Waals surface area contributed by atoms with Crippen LogP contribution in [0.15, 0.2) is 46.9 Å². The van der Waals surface area contributed by atoms with Crippen LogP contribution in [0.2, 0.25) is 0 Å². The Bertz CT molecular complexity index is 697. The third-order valence-corrected chi connectivity index (χ3v) is 4.70. The van der Waals surface area contributed by atoms with Crippen molar-refractivity contribution in [3.8, 4) is 6.07 Å². The number of nitrogens with one attached hydrogen (secondary N) is 1. The first-order valence-electron chi connectivity index (χ1n) is 7.19. The summed E-state index contributed by atoms with van der Waals surface area (Å²) in [5.41, 5.74) is 4.16. The fraction of sp³-hybridized carbons (Fsp3) is 0.278. The molecule has 106 valence electrons. The van der Waals surface area contributed by atoms with Crippen molar-refractivity contribution in [1.82, 2.24) is 0 Å². The molecule has 0 saturated heterocycles. The average Bonchev–Trinajstić information content (AvgIpc) is 2.42. The van der Waals surface area contributed by atoms with Crippen LogP contribution in [0.3, 0.4) is 0 Å². The highest BCUT2D eigenvalue weighted by Crippen LogP contribution is 2.39. The molecule has 1 aliphatic carbocycles. The number of nitrogens with zero attached hydrogens (tertiary/aromatic N) is 1. The van der Waals surface area contributed by atoms with Gasteiger partial charge in [0.25, 0.3) is 0 Å². The number of nitriles is 1. The first kappa shape index (κ1) is 14.2. The van der Waals surface area contributed by atoms with Gasteiger partial charge in [-0.25, -0.2) is 0 Å². The van der Waals surface area contributed by atoms with Crippen LogP contribution in [0, 0.1) is 18.3 Å². The molecule has 1 N–H and O–H groups in total. The monoisotopic (exact) mass is 340 g/mol. The van der Waals surface area contributed by atoms with E-state index >= 15 is 0 Å². The Morgan fingerprint density at radius 2 is 1.95 bits per heavy atom. The molecule has 2 aromatic rings. The van der Waals surface area contributed by atoms with Crippen molar-refractivity contribution in [3.63, 3.8) is 0 Å². The zero-order valence-corrected chi connectivity index (χ0v) is 13.5. The van der Waals surface area contributed by atoms with E-state index in [1.165, 1.54) is 5.56 Å². The van der Waals surface area contributed by atoms with E-state index in [-0.39, 0.29) is 0 Å². The smallest absolute Gasteiger partial charge is 0.102 e. The SMILES string of the molecule is Cc1cccc(NC2CC(c3cccc(Br)c3)C2)c1C#N. The molecule has 0 amide bonds. The molecule has 1 aliphatic rings. The molecule has 3 rings (SSSR count). The molecule has 3 heteroatoms. The average molecular weight is 341 g/mol. The van der Waals surface area contributed by atoms with E-state index in [9.17, 15) is 5.26 Å². The number of benzene rings is 2. The molecule has 0 radical (unpaired) electrons. The minimum atomic E-state index is 0.461. The van der Waals surface area contributed by atoms with Crippen LogP contribution < -0.4 is 5.32 Å². The van der Waals surface area contributed by atoms with Crippen LogP contribution in [0.25, 0.3) is 0 Å². The van der Waals surface area contributed by atoms with Gasteiger partial charge in [-0.1, -0.05) is 40.2 Å². The highest BCUT2D eigenvalue weighted by Gasteiger charge is 2.30. The highest BCUT2D eigenvalue weighted by atomic mass is 79.9. The molecular formula is C18H17BrN2. The molecular weight excluding hydrogens is 324 g/mol. The third kappa shape index (κ3) is 2.96. The number of rotatable bonds is 3. The van der Waals surface area contributed by atoms with Crippen molar-refractivity contribution in [1.29, 1.82) is 5.26 Å². The Balaban J connectivity index is 1.66. The lowest BCUT2D eigenvalue weighted by atomic mass is 9.75. The molecule has 1 saturated carbocycles. The zero-order chi connectivity index (χ0) is 14.8. The minimum Gasteiger partial charge on any atom is -0.381 e. The van der Waals surface area contributed by atoms with Crippen LogP contribution >= 0.6 is 15.9 Å². The molecule has 0 heterocycles. The van der Waals surface area contributed by atoms with Crippen LogP contribution in [-0.4, -0.2) is 6.04 Å². The van der Waals surface area contributed by atoms with Crippen molar-refractivity contribution >= 4 is 21.6 Å². The van der Waals surface area contributed by atoms with Crippen molar-refractivity contribution < 1.29 is 0 Å². The largest absolute Gasteiger partial charge is 0.381 e. The summed E-state index contributed by atoms with van der Waals surface area (Å²) in [6, 6.07) is 17.3.